The van der Waals surface area contributed by atoms with Crippen LogP contribution in [0.25, 0.3) is 0 Å². The summed E-state index contributed by atoms with van der Waals surface area (Å²) in [6, 6.07) is 3.65. The highest BCUT2D eigenvalue weighted by molar-refractivity contribution is 5.53. The van der Waals surface area contributed by atoms with Gasteiger partial charge in [0.05, 0.1) is 5.56 Å². The summed E-state index contributed by atoms with van der Waals surface area (Å²) in [6.07, 6.45) is -2.94. The van der Waals surface area contributed by atoms with Crippen molar-refractivity contribution in [2.75, 3.05) is 18.5 Å². The molecule has 0 radical (unpaired) electrons. The van der Waals surface area contributed by atoms with Gasteiger partial charge in [-0.1, -0.05) is 6.07 Å². The van der Waals surface area contributed by atoms with Crippen molar-refractivity contribution in [3.63, 3.8) is 0 Å². The minimum absolute atomic E-state index is 0.100. The molecule has 5 heteroatoms. The Hall–Kier alpha value is -1.23. The highest BCUT2D eigenvalue weighted by atomic mass is 19.4. The van der Waals surface area contributed by atoms with Crippen molar-refractivity contribution in [2.45, 2.75) is 25.9 Å². The lowest BCUT2D eigenvalue weighted by Gasteiger charge is -2.13. The second-order valence-electron chi connectivity index (χ2n) is 3.88. The van der Waals surface area contributed by atoms with Crippen molar-refractivity contribution < 1.29 is 18.3 Å². The SMILES string of the molecule is Cc1ccc(C(F)(F)F)cc1NCCCCO. The van der Waals surface area contributed by atoms with Crippen LogP contribution in [0.3, 0.4) is 0 Å². The number of aliphatic hydroxyl groups is 1. The molecule has 0 spiro atoms. The average Bonchev–Trinajstić information content (AvgIpc) is 2.25. The second-order valence-corrected chi connectivity index (χ2v) is 3.88. The smallest absolute Gasteiger partial charge is 0.396 e. The summed E-state index contributed by atoms with van der Waals surface area (Å²) in [5.74, 6) is 0. The molecule has 0 saturated heterocycles. The molecule has 0 atom stereocenters. The number of halogens is 3. The molecule has 0 saturated carbocycles. The molecular formula is C12H16F3NO. The molecule has 1 aromatic carbocycles. The lowest BCUT2D eigenvalue weighted by Crippen LogP contribution is -2.08. The Morgan fingerprint density at radius 1 is 1.24 bits per heavy atom. The maximum absolute atomic E-state index is 12.5. The Kier molecular flexibility index (Phi) is 4.81. The van der Waals surface area contributed by atoms with Gasteiger partial charge in [0.1, 0.15) is 0 Å². The predicted molar refractivity (Wildman–Crippen MR) is 61.0 cm³/mol. The first-order chi connectivity index (χ1) is 7.95. The van der Waals surface area contributed by atoms with Gasteiger partial charge in [-0.3, -0.25) is 0 Å². The van der Waals surface area contributed by atoms with Crippen LogP contribution < -0.4 is 5.32 Å². The van der Waals surface area contributed by atoms with Crippen LogP contribution in [-0.2, 0) is 6.18 Å². The molecule has 0 amide bonds. The van der Waals surface area contributed by atoms with Crippen molar-refractivity contribution in [3.8, 4) is 0 Å². The van der Waals surface area contributed by atoms with Gasteiger partial charge >= 0.3 is 6.18 Å². The highest BCUT2D eigenvalue weighted by Crippen LogP contribution is 2.31. The molecule has 0 unspecified atom stereocenters. The lowest BCUT2D eigenvalue weighted by molar-refractivity contribution is -0.137. The molecule has 0 aliphatic carbocycles. The number of nitrogens with one attached hydrogen (secondary N) is 1. The van der Waals surface area contributed by atoms with Gasteiger partial charge in [0.2, 0.25) is 0 Å². The zero-order chi connectivity index (χ0) is 12.9. The fraction of sp³-hybridized carbons (Fsp3) is 0.500. The summed E-state index contributed by atoms with van der Waals surface area (Å²) < 4.78 is 37.4. The molecule has 2 nitrogen and oxygen atoms in total. The van der Waals surface area contributed by atoms with Crippen LogP contribution in [-0.4, -0.2) is 18.3 Å². The van der Waals surface area contributed by atoms with Crippen molar-refractivity contribution in [1.29, 1.82) is 0 Å². The van der Waals surface area contributed by atoms with E-state index in [0.29, 0.717) is 18.7 Å². The third-order valence-corrected chi connectivity index (χ3v) is 2.47. The van der Waals surface area contributed by atoms with E-state index in [-0.39, 0.29) is 6.61 Å². The molecule has 96 valence electrons. The number of hydrogen-bond acceptors (Lipinski definition) is 2. The van der Waals surface area contributed by atoms with Gasteiger partial charge in [-0.05, 0) is 37.5 Å². The Bertz CT molecular complexity index is 363. The van der Waals surface area contributed by atoms with E-state index >= 15 is 0 Å². The zero-order valence-corrected chi connectivity index (χ0v) is 9.64. The third kappa shape index (κ3) is 4.26. The Morgan fingerprint density at radius 3 is 2.53 bits per heavy atom. The maximum Gasteiger partial charge on any atom is 0.416 e. The summed E-state index contributed by atoms with van der Waals surface area (Å²) in [7, 11) is 0. The summed E-state index contributed by atoms with van der Waals surface area (Å²) in [6.45, 7) is 2.42. The van der Waals surface area contributed by atoms with E-state index in [0.717, 1.165) is 24.1 Å². The number of benzene rings is 1. The van der Waals surface area contributed by atoms with E-state index < -0.39 is 11.7 Å². The van der Waals surface area contributed by atoms with Gasteiger partial charge in [0.25, 0.3) is 0 Å². The molecule has 0 aromatic heterocycles. The number of hydrogen-bond donors (Lipinski definition) is 2. The van der Waals surface area contributed by atoms with Gasteiger partial charge in [-0.25, -0.2) is 0 Å². The minimum atomic E-state index is -4.31. The number of unbranched alkanes of at least 4 members (excludes halogenated alkanes) is 1. The molecule has 0 fully saturated rings. The van der Waals surface area contributed by atoms with Crippen LogP contribution in [0.2, 0.25) is 0 Å². The van der Waals surface area contributed by atoms with E-state index in [1.807, 2.05) is 0 Å². The zero-order valence-electron chi connectivity index (χ0n) is 9.64. The van der Waals surface area contributed by atoms with Gasteiger partial charge in [0, 0.05) is 18.8 Å². The summed E-state index contributed by atoms with van der Waals surface area (Å²) in [5, 5.41) is 11.5. The number of aliphatic hydroxyl groups excluding tert-OH is 1. The molecule has 1 rings (SSSR count). The number of anilines is 1. The average molecular weight is 247 g/mol. The molecular weight excluding hydrogens is 231 g/mol. The molecule has 0 bridgehead atoms. The monoisotopic (exact) mass is 247 g/mol. The van der Waals surface area contributed by atoms with Crippen molar-refractivity contribution in [1.82, 2.24) is 0 Å². The van der Waals surface area contributed by atoms with Gasteiger partial charge < -0.3 is 10.4 Å². The Balaban J connectivity index is 2.70. The fourth-order valence-corrected chi connectivity index (χ4v) is 1.45. The van der Waals surface area contributed by atoms with E-state index in [1.165, 1.54) is 6.07 Å². The second kappa shape index (κ2) is 5.91. The van der Waals surface area contributed by atoms with Gasteiger partial charge in [-0.2, -0.15) is 13.2 Å². The summed E-state index contributed by atoms with van der Waals surface area (Å²) in [5.41, 5.74) is 0.632. The van der Waals surface area contributed by atoms with Crippen LogP contribution in [0.4, 0.5) is 18.9 Å². The first-order valence-electron chi connectivity index (χ1n) is 5.47. The normalized spacial score (nSPS) is 11.6. The Morgan fingerprint density at radius 2 is 1.94 bits per heavy atom. The lowest BCUT2D eigenvalue weighted by atomic mass is 10.1. The van der Waals surface area contributed by atoms with E-state index in [9.17, 15) is 13.2 Å². The largest absolute Gasteiger partial charge is 0.416 e. The fourth-order valence-electron chi connectivity index (χ4n) is 1.45. The number of alkyl halides is 3. The van der Waals surface area contributed by atoms with Crippen LogP contribution >= 0.6 is 0 Å². The third-order valence-electron chi connectivity index (χ3n) is 2.47. The van der Waals surface area contributed by atoms with E-state index in [2.05, 4.69) is 5.32 Å². The molecule has 0 heterocycles. The quantitative estimate of drug-likeness (QED) is 0.783. The molecule has 0 aliphatic rings. The van der Waals surface area contributed by atoms with Gasteiger partial charge in [-0.15, -0.1) is 0 Å². The topological polar surface area (TPSA) is 32.3 Å². The number of aryl methyl sites for hydroxylation is 1. The van der Waals surface area contributed by atoms with Crippen molar-refractivity contribution in [2.24, 2.45) is 0 Å². The maximum atomic E-state index is 12.5. The van der Waals surface area contributed by atoms with Crippen LogP contribution in [0.1, 0.15) is 24.0 Å². The van der Waals surface area contributed by atoms with Gasteiger partial charge in [0.15, 0.2) is 0 Å². The molecule has 2 N–H and O–H groups in total. The van der Waals surface area contributed by atoms with E-state index in [4.69, 9.17) is 5.11 Å². The van der Waals surface area contributed by atoms with Crippen LogP contribution in [0.15, 0.2) is 18.2 Å². The first-order valence-corrected chi connectivity index (χ1v) is 5.47. The minimum Gasteiger partial charge on any atom is -0.396 e. The standard InChI is InChI=1S/C12H16F3NO/c1-9-4-5-10(12(13,14)15)8-11(9)16-6-2-3-7-17/h4-5,8,16-17H,2-3,6-7H2,1H3. The van der Waals surface area contributed by atoms with Crippen LogP contribution in [0.5, 0.6) is 0 Å². The Labute approximate surface area is 98.5 Å². The summed E-state index contributed by atoms with van der Waals surface area (Å²) in [4.78, 5) is 0. The molecule has 0 aliphatic heterocycles. The van der Waals surface area contributed by atoms with Crippen LogP contribution in [0, 0.1) is 6.92 Å². The van der Waals surface area contributed by atoms with Crippen molar-refractivity contribution >= 4 is 5.69 Å². The van der Waals surface area contributed by atoms with Crippen molar-refractivity contribution in [3.05, 3.63) is 29.3 Å². The van der Waals surface area contributed by atoms with E-state index in [1.54, 1.807) is 6.92 Å². The predicted octanol–water partition coefficient (Wildman–Crippen LogP) is 3.20. The molecule has 1 aromatic rings. The molecule has 17 heavy (non-hydrogen) atoms. The summed E-state index contributed by atoms with van der Waals surface area (Å²) >= 11 is 0. The highest BCUT2D eigenvalue weighted by Gasteiger charge is 2.30. The number of rotatable bonds is 5. The first kappa shape index (κ1) is 13.8.